The summed E-state index contributed by atoms with van der Waals surface area (Å²) in [6.07, 6.45) is 1.68. The second-order valence-corrected chi connectivity index (χ2v) is 7.97. The molecular weight excluding hydrogens is 415 g/mol. The van der Waals surface area contributed by atoms with Crippen LogP contribution < -0.4 is 9.80 Å². The fourth-order valence-corrected chi connectivity index (χ4v) is 4.36. The highest BCUT2D eigenvalue weighted by atomic mass is 19.1. The summed E-state index contributed by atoms with van der Waals surface area (Å²) in [6.45, 7) is 5.25. The number of anilines is 2. The van der Waals surface area contributed by atoms with Gasteiger partial charge in [0.15, 0.2) is 17.0 Å². The summed E-state index contributed by atoms with van der Waals surface area (Å²) in [6, 6.07) is 5.77. The Morgan fingerprint density at radius 2 is 1.88 bits per heavy atom. The number of hydrogen-bond acceptors (Lipinski definition) is 7. The summed E-state index contributed by atoms with van der Waals surface area (Å²) in [5, 5.41) is 8.36. The van der Waals surface area contributed by atoms with Gasteiger partial charge in [-0.15, -0.1) is 5.10 Å². The van der Waals surface area contributed by atoms with Crippen molar-refractivity contribution in [3.63, 3.8) is 0 Å². The largest absolute Gasteiger partial charge is 0.351 e. The molecule has 3 aromatic rings. The molecule has 5 rings (SSSR count). The van der Waals surface area contributed by atoms with E-state index in [-0.39, 0.29) is 24.1 Å². The SMILES string of the molecule is CCn1nnc2c(N3CCN(C(=O)[C@@H]4CC(=O)N(c5ccc(F)cc5)C4)CC3)ncnc21. The van der Waals surface area contributed by atoms with E-state index in [1.807, 2.05) is 11.8 Å². The molecule has 2 fully saturated rings. The van der Waals surface area contributed by atoms with Gasteiger partial charge in [-0.2, -0.15) is 0 Å². The molecule has 2 aromatic heterocycles. The molecule has 0 bridgehead atoms. The minimum Gasteiger partial charge on any atom is -0.351 e. The first-order valence-corrected chi connectivity index (χ1v) is 10.7. The lowest BCUT2D eigenvalue weighted by atomic mass is 10.1. The van der Waals surface area contributed by atoms with Crippen LogP contribution in [0.15, 0.2) is 30.6 Å². The zero-order chi connectivity index (χ0) is 22.2. The molecule has 2 aliphatic heterocycles. The molecule has 2 saturated heterocycles. The quantitative estimate of drug-likeness (QED) is 0.601. The molecule has 10 nitrogen and oxygen atoms in total. The van der Waals surface area contributed by atoms with E-state index in [9.17, 15) is 14.0 Å². The molecule has 0 saturated carbocycles. The Kier molecular flexibility index (Phi) is 5.16. The Hall–Kier alpha value is -3.63. The number of fused-ring (bicyclic) bond motifs is 1. The highest BCUT2D eigenvalue weighted by molar-refractivity contribution is 6.00. The third-order valence-electron chi connectivity index (χ3n) is 6.08. The number of aromatic nitrogens is 5. The maximum Gasteiger partial charge on any atom is 0.228 e. The highest BCUT2D eigenvalue weighted by Crippen LogP contribution is 2.28. The van der Waals surface area contributed by atoms with Crippen LogP contribution in [0.4, 0.5) is 15.9 Å². The number of nitrogens with zero attached hydrogens (tertiary/aromatic N) is 8. The van der Waals surface area contributed by atoms with Crippen LogP contribution in [0.25, 0.3) is 11.2 Å². The molecule has 1 aromatic carbocycles. The van der Waals surface area contributed by atoms with Gasteiger partial charge in [-0.3, -0.25) is 9.59 Å². The van der Waals surface area contributed by atoms with Crippen molar-refractivity contribution in [1.29, 1.82) is 0 Å². The molecule has 0 N–H and O–H groups in total. The Morgan fingerprint density at radius 3 is 2.59 bits per heavy atom. The maximum absolute atomic E-state index is 13.2. The van der Waals surface area contributed by atoms with Crippen LogP contribution >= 0.6 is 0 Å². The average Bonchev–Trinajstić information content (AvgIpc) is 3.42. The van der Waals surface area contributed by atoms with Crippen molar-refractivity contribution in [3.05, 3.63) is 36.4 Å². The van der Waals surface area contributed by atoms with Gasteiger partial charge < -0.3 is 14.7 Å². The van der Waals surface area contributed by atoms with Crippen LogP contribution in [-0.4, -0.2) is 74.4 Å². The van der Waals surface area contributed by atoms with Crippen molar-refractivity contribution in [2.75, 3.05) is 42.5 Å². The molecule has 1 atom stereocenters. The van der Waals surface area contributed by atoms with E-state index in [0.717, 1.165) is 5.82 Å². The predicted molar refractivity (Wildman–Crippen MR) is 114 cm³/mol. The van der Waals surface area contributed by atoms with Crippen molar-refractivity contribution < 1.29 is 14.0 Å². The van der Waals surface area contributed by atoms with Crippen LogP contribution in [-0.2, 0) is 16.1 Å². The molecule has 0 radical (unpaired) electrons. The van der Waals surface area contributed by atoms with E-state index < -0.39 is 5.92 Å². The summed E-state index contributed by atoms with van der Waals surface area (Å²) in [7, 11) is 0. The van der Waals surface area contributed by atoms with Gasteiger partial charge in [0.05, 0.1) is 5.92 Å². The van der Waals surface area contributed by atoms with E-state index in [2.05, 4.69) is 25.2 Å². The van der Waals surface area contributed by atoms with E-state index >= 15 is 0 Å². The van der Waals surface area contributed by atoms with Crippen LogP contribution in [0, 0.1) is 11.7 Å². The van der Waals surface area contributed by atoms with Crippen LogP contribution in [0.5, 0.6) is 0 Å². The number of amides is 2. The number of aryl methyl sites for hydroxylation is 1. The van der Waals surface area contributed by atoms with E-state index in [1.54, 1.807) is 21.7 Å². The van der Waals surface area contributed by atoms with E-state index in [0.29, 0.717) is 56.1 Å². The number of benzene rings is 1. The molecule has 2 aliphatic rings. The number of rotatable bonds is 4. The highest BCUT2D eigenvalue weighted by Gasteiger charge is 2.38. The molecule has 0 unspecified atom stereocenters. The van der Waals surface area contributed by atoms with Gasteiger partial charge in [0.25, 0.3) is 0 Å². The van der Waals surface area contributed by atoms with Gasteiger partial charge in [-0.05, 0) is 31.2 Å². The van der Waals surface area contributed by atoms with Gasteiger partial charge in [-0.1, -0.05) is 5.21 Å². The van der Waals surface area contributed by atoms with Crippen molar-refractivity contribution in [3.8, 4) is 0 Å². The predicted octanol–water partition coefficient (Wildman–Crippen LogP) is 1.08. The van der Waals surface area contributed by atoms with Crippen molar-refractivity contribution >= 4 is 34.5 Å². The lowest BCUT2D eigenvalue weighted by Crippen LogP contribution is -2.51. The van der Waals surface area contributed by atoms with Gasteiger partial charge in [-0.25, -0.2) is 19.0 Å². The molecule has 0 spiro atoms. The van der Waals surface area contributed by atoms with Crippen molar-refractivity contribution in [2.24, 2.45) is 5.92 Å². The zero-order valence-corrected chi connectivity index (χ0v) is 17.7. The molecule has 11 heteroatoms. The van der Waals surface area contributed by atoms with Crippen LogP contribution in [0.3, 0.4) is 0 Å². The molecule has 4 heterocycles. The Labute approximate surface area is 183 Å². The minimum absolute atomic E-state index is 0.0210. The standard InChI is InChI=1S/C21H23FN8O2/c1-2-30-20-18(25-26-30)19(23-13-24-20)27-7-9-28(10-8-27)21(32)14-11-17(31)29(12-14)16-5-3-15(22)4-6-16/h3-6,13-14H,2,7-12H2,1H3/t14-/m1/s1. The second-order valence-electron chi connectivity index (χ2n) is 7.97. The molecule has 2 amide bonds. The van der Waals surface area contributed by atoms with Gasteiger partial charge >= 0.3 is 0 Å². The first-order valence-electron chi connectivity index (χ1n) is 10.7. The minimum atomic E-state index is -0.394. The van der Waals surface area contributed by atoms with Gasteiger partial charge in [0.2, 0.25) is 11.8 Å². The van der Waals surface area contributed by atoms with Crippen LogP contribution in [0.2, 0.25) is 0 Å². The average molecular weight is 438 g/mol. The van der Waals surface area contributed by atoms with Gasteiger partial charge in [0, 0.05) is 51.4 Å². The van der Waals surface area contributed by atoms with Crippen molar-refractivity contribution in [1.82, 2.24) is 29.9 Å². The Bertz CT molecular complexity index is 1160. The monoisotopic (exact) mass is 438 g/mol. The Morgan fingerprint density at radius 1 is 1.12 bits per heavy atom. The van der Waals surface area contributed by atoms with Crippen molar-refractivity contribution in [2.45, 2.75) is 19.9 Å². The topological polar surface area (TPSA) is 100 Å². The lowest BCUT2D eigenvalue weighted by Gasteiger charge is -2.36. The molecule has 32 heavy (non-hydrogen) atoms. The Balaban J connectivity index is 1.24. The summed E-state index contributed by atoms with van der Waals surface area (Å²) >= 11 is 0. The normalized spacial score (nSPS) is 19.2. The summed E-state index contributed by atoms with van der Waals surface area (Å²) in [5.74, 6) is -0.165. The third kappa shape index (κ3) is 3.53. The molecular formula is C21H23FN8O2. The zero-order valence-electron chi connectivity index (χ0n) is 17.7. The molecule has 166 valence electrons. The van der Waals surface area contributed by atoms with Crippen LogP contribution in [0.1, 0.15) is 13.3 Å². The van der Waals surface area contributed by atoms with E-state index in [4.69, 9.17) is 0 Å². The summed E-state index contributed by atoms with van der Waals surface area (Å²) < 4.78 is 14.9. The maximum atomic E-state index is 13.2. The number of carbonyl (C=O) groups excluding carboxylic acids is 2. The fourth-order valence-electron chi connectivity index (χ4n) is 4.36. The number of carbonyl (C=O) groups is 2. The first kappa shape index (κ1) is 20.3. The third-order valence-corrected chi connectivity index (χ3v) is 6.08. The first-order chi connectivity index (χ1) is 15.5. The number of halogens is 1. The van der Waals surface area contributed by atoms with E-state index in [1.165, 1.54) is 18.5 Å². The second kappa shape index (κ2) is 8.13. The van der Waals surface area contributed by atoms with Gasteiger partial charge in [0.1, 0.15) is 12.1 Å². The summed E-state index contributed by atoms with van der Waals surface area (Å²) in [5.41, 5.74) is 1.97. The lowest BCUT2D eigenvalue weighted by molar-refractivity contribution is -0.136. The summed E-state index contributed by atoms with van der Waals surface area (Å²) in [4.78, 5) is 39.7. The fraction of sp³-hybridized carbons (Fsp3) is 0.429. The number of piperazine rings is 1. The molecule has 0 aliphatic carbocycles. The number of hydrogen-bond donors (Lipinski definition) is 0. The smallest absolute Gasteiger partial charge is 0.228 e.